The van der Waals surface area contributed by atoms with Crippen molar-refractivity contribution >= 4 is 24.9 Å². The molecule has 0 unspecified atom stereocenters. The van der Waals surface area contributed by atoms with Gasteiger partial charge in [0.1, 0.15) is 6.04 Å². The lowest BCUT2D eigenvalue weighted by Crippen LogP contribution is -2.65. The molecule has 0 spiro atoms. The average molecular weight is 637 g/mol. The van der Waals surface area contributed by atoms with Crippen LogP contribution >= 0.6 is 0 Å². The van der Waals surface area contributed by atoms with Gasteiger partial charge in [0.05, 0.1) is 17.6 Å². The summed E-state index contributed by atoms with van der Waals surface area (Å²) in [6.07, 6.45) is 10.4. The highest BCUT2D eigenvalue weighted by molar-refractivity contribution is 6.48. The molecule has 45 heavy (non-hydrogen) atoms. The van der Waals surface area contributed by atoms with Crippen LogP contribution in [0.3, 0.4) is 0 Å². The van der Waals surface area contributed by atoms with Crippen LogP contribution in [0, 0.1) is 38.7 Å². The number of nitrogens with one attached hydrogen (secondary N) is 5. The molecule has 0 aromatic heterocycles. The molecule has 256 valence electrons. The van der Waals surface area contributed by atoms with E-state index in [1.54, 1.807) is 5.43 Å². The van der Waals surface area contributed by atoms with E-state index in [9.17, 15) is 19.7 Å². The third-order valence-electron chi connectivity index (χ3n) is 10.2. The maximum absolute atomic E-state index is 13.8. The second-order valence-electron chi connectivity index (χ2n) is 14.5. The Bertz CT molecular complexity index is 1020. The number of hydrogen-bond acceptors (Lipinski definition) is 8. The van der Waals surface area contributed by atoms with Crippen LogP contribution in [0.4, 0.5) is 0 Å². The van der Waals surface area contributed by atoms with Gasteiger partial charge in [-0.2, -0.15) is 0 Å². The van der Waals surface area contributed by atoms with Crippen LogP contribution in [0.15, 0.2) is 0 Å². The van der Waals surface area contributed by atoms with Gasteiger partial charge in [0.25, 0.3) is 5.96 Å². The van der Waals surface area contributed by atoms with Gasteiger partial charge in [-0.25, -0.2) is 10.1 Å². The maximum atomic E-state index is 13.8. The van der Waals surface area contributed by atoms with E-state index in [1.807, 2.05) is 0 Å². The Morgan fingerprint density at radius 1 is 1.04 bits per heavy atom. The SMILES string of the molecule is CC(C)C[C@H](NC(=O)[C@H](CCCNC(=N)N[N+](=O)[O-])NC(=O)CCCCCCCCCO)B1O[C@@H]2C[C@@H]3C[C@@H](C3(C)C)[C@]2(C)O1. The summed E-state index contributed by atoms with van der Waals surface area (Å²) >= 11 is 0. The van der Waals surface area contributed by atoms with Crippen LogP contribution < -0.4 is 21.4 Å². The molecule has 0 aromatic rings. The molecular weight excluding hydrogens is 579 g/mol. The Morgan fingerprint density at radius 2 is 1.71 bits per heavy atom. The van der Waals surface area contributed by atoms with Crippen molar-refractivity contribution in [1.82, 2.24) is 21.4 Å². The molecule has 2 amide bonds. The number of rotatable bonds is 20. The van der Waals surface area contributed by atoms with Crippen LogP contribution in [0.1, 0.15) is 118 Å². The number of unbranched alkanes of at least 4 members (excludes halogenated alkanes) is 6. The second-order valence-corrected chi connectivity index (χ2v) is 14.5. The third-order valence-corrected chi connectivity index (χ3v) is 10.2. The number of aliphatic hydroxyl groups is 1. The lowest BCUT2D eigenvalue weighted by molar-refractivity contribution is -0.525. The fraction of sp³-hybridized carbons (Fsp3) is 0.903. The van der Waals surface area contributed by atoms with Gasteiger partial charge in [-0.1, -0.05) is 65.2 Å². The first-order valence-electron chi connectivity index (χ1n) is 17.0. The predicted molar refractivity (Wildman–Crippen MR) is 173 cm³/mol. The standard InChI is InChI=1S/C31H57BN6O7/c1-21(2)18-26(32-44-25-20-22-19-24(30(22,3)4)31(25,5)45-32)36-28(41)23(14-13-16-34-29(33)37-38(42)43)35-27(40)15-11-9-7-6-8-10-12-17-39/h21-26,39H,6-20H2,1-5H3,(H,35,40)(H,36,41)(H3,33,34,37)/t22-,23-,24-,25+,26-,31-/m0/s1. The van der Waals surface area contributed by atoms with E-state index in [0.29, 0.717) is 37.5 Å². The summed E-state index contributed by atoms with van der Waals surface area (Å²) in [5.74, 6) is -0.0518. The van der Waals surface area contributed by atoms with Crippen LogP contribution in [-0.2, 0) is 18.9 Å². The maximum Gasteiger partial charge on any atom is 0.481 e. The fourth-order valence-electron chi connectivity index (χ4n) is 7.57. The van der Waals surface area contributed by atoms with Crippen molar-refractivity contribution < 1.29 is 29.0 Å². The van der Waals surface area contributed by atoms with Gasteiger partial charge in [-0.05, 0) is 75.0 Å². The number of hydrogen-bond donors (Lipinski definition) is 6. The summed E-state index contributed by atoms with van der Waals surface area (Å²) in [7, 11) is -0.578. The number of carbonyl (C=O) groups excluding carboxylic acids is 2. The number of hydrazine groups is 1. The van der Waals surface area contributed by atoms with E-state index in [2.05, 4.69) is 50.6 Å². The van der Waals surface area contributed by atoms with Gasteiger partial charge >= 0.3 is 7.12 Å². The molecule has 3 aliphatic carbocycles. The van der Waals surface area contributed by atoms with Crippen molar-refractivity contribution in [2.45, 2.75) is 142 Å². The molecule has 2 bridgehead atoms. The molecule has 3 saturated carbocycles. The van der Waals surface area contributed by atoms with Crippen LogP contribution in [0.2, 0.25) is 0 Å². The van der Waals surface area contributed by atoms with Gasteiger partial charge in [0.15, 0.2) is 5.03 Å². The van der Waals surface area contributed by atoms with Crippen molar-refractivity contribution in [2.75, 3.05) is 13.2 Å². The predicted octanol–water partition coefficient (Wildman–Crippen LogP) is 3.47. The van der Waals surface area contributed by atoms with E-state index >= 15 is 0 Å². The second kappa shape index (κ2) is 16.9. The molecule has 6 atom stereocenters. The summed E-state index contributed by atoms with van der Waals surface area (Å²) in [6, 6.07) is -0.809. The molecule has 1 heterocycles. The van der Waals surface area contributed by atoms with Crippen molar-refractivity contribution in [2.24, 2.45) is 23.2 Å². The Hall–Kier alpha value is -2.45. The molecule has 1 saturated heterocycles. The number of aliphatic hydroxyl groups excluding tert-OH is 1. The van der Waals surface area contributed by atoms with E-state index in [0.717, 1.165) is 57.8 Å². The van der Waals surface area contributed by atoms with Crippen LogP contribution in [0.5, 0.6) is 0 Å². The quantitative estimate of drug-likeness (QED) is 0.0290. The highest BCUT2D eigenvalue weighted by Crippen LogP contribution is 2.65. The monoisotopic (exact) mass is 636 g/mol. The van der Waals surface area contributed by atoms with Crippen molar-refractivity contribution in [3.63, 3.8) is 0 Å². The average Bonchev–Trinajstić information content (AvgIpc) is 3.32. The molecule has 6 N–H and O–H groups in total. The lowest BCUT2D eigenvalue weighted by atomic mass is 9.43. The first kappa shape index (κ1) is 37.0. The summed E-state index contributed by atoms with van der Waals surface area (Å²) in [5, 5.41) is 34.9. The summed E-state index contributed by atoms with van der Waals surface area (Å²) < 4.78 is 13.2. The fourth-order valence-corrected chi connectivity index (χ4v) is 7.57. The zero-order valence-electron chi connectivity index (χ0n) is 28.0. The molecule has 0 radical (unpaired) electrons. The van der Waals surface area contributed by atoms with E-state index < -0.39 is 29.8 Å². The summed E-state index contributed by atoms with van der Waals surface area (Å²) in [6.45, 7) is 11.4. The molecule has 4 aliphatic rings. The molecule has 0 aromatic carbocycles. The van der Waals surface area contributed by atoms with Gasteiger partial charge in [0.2, 0.25) is 11.8 Å². The highest BCUT2D eigenvalue weighted by Gasteiger charge is 2.68. The smallest absolute Gasteiger partial charge is 0.404 e. The van der Waals surface area contributed by atoms with E-state index in [4.69, 9.17) is 19.8 Å². The normalized spacial score (nSPS) is 25.9. The first-order chi connectivity index (χ1) is 21.3. The number of nitro groups is 1. The van der Waals surface area contributed by atoms with Crippen LogP contribution in [0.25, 0.3) is 0 Å². The molecule has 4 rings (SSSR count). The van der Waals surface area contributed by atoms with E-state index in [1.165, 1.54) is 0 Å². The summed E-state index contributed by atoms with van der Waals surface area (Å²) in [5.41, 5.74) is 1.55. The number of guanidine groups is 1. The largest absolute Gasteiger partial charge is 0.481 e. The van der Waals surface area contributed by atoms with Crippen molar-refractivity contribution in [3.05, 3.63) is 10.1 Å². The zero-order chi connectivity index (χ0) is 33.2. The topological polar surface area (TPSA) is 188 Å². The van der Waals surface area contributed by atoms with Crippen molar-refractivity contribution in [1.29, 1.82) is 5.41 Å². The third kappa shape index (κ3) is 10.3. The van der Waals surface area contributed by atoms with Gasteiger partial charge < -0.3 is 30.4 Å². The Morgan fingerprint density at radius 3 is 2.33 bits per heavy atom. The van der Waals surface area contributed by atoms with Gasteiger partial charge in [-0.3, -0.25) is 15.0 Å². The zero-order valence-corrected chi connectivity index (χ0v) is 28.0. The summed E-state index contributed by atoms with van der Waals surface area (Å²) in [4.78, 5) is 37.3. The number of amides is 2. The molecular formula is C31H57BN6O7. The minimum Gasteiger partial charge on any atom is -0.404 e. The molecule has 14 heteroatoms. The Labute approximate surface area is 268 Å². The van der Waals surface area contributed by atoms with Crippen LogP contribution in [-0.4, -0.2) is 71.9 Å². The lowest BCUT2D eigenvalue weighted by Gasteiger charge is -2.64. The number of nitrogens with zero attached hydrogens (tertiary/aromatic N) is 1. The Balaban J connectivity index is 1.59. The van der Waals surface area contributed by atoms with E-state index in [-0.39, 0.29) is 48.3 Å². The van der Waals surface area contributed by atoms with Gasteiger partial charge in [-0.15, -0.1) is 0 Å². The molecule has 4 fully saturated rings. The minimum absolute atomic E-state index is 0.00909. The van der Waals surface area contributed by atoms with Gasteiger partial charge in [0, 0.05) is 19.6 Å². The van der Waals surface area contributed by atoms with Crippen molar-refractivity contribution in [3.8, 4) is 0 Å². The number of carbonyl (C=O) groups is 2. The Kier molecular flexibility index (Phi) is 13.9. The molecule has 13 nitrogen and oxygen atoms in total. The highest BCUT2D eigenvalue weighted by atomic mass is 16.7. The molecule has 1 aliphatic heterocycles. The minimum atomic E-state index is -0.816. The first-order valence-corrected chi connectivity index (χ1v) is 17.0.